The van der Waals surface area contributed by atoms with Gasteiger partial charge < -0.3 is 0 Å². The molecule has 20 heavy (non-hydrogen) atoms. The number of imide groups is 1. The van der Waals surface area contributed by atoms with Crippen LogP contribution in [0.5, 0.6) is 0 Å². The van der Waals surface area contributed by atoms with Crippen LogP contribution in [0.15, 0.2) is 30.6 Å². The second kappa shape index (κ2) is 3.92. The molecule has 0 aromatic carbocycles. The molecule has 0 aliphatic carbocycles. The van der Waals surface area contributed by atoms with Gasteiger partial charge in [0.25, 0.3) is 11.8 Å². The molecule has 3 rings (SSSR count). The standard InChI is InChI=1S/C12H6F3N3O2/c13-12(14,15)6-1-2-9-16-4-8(18(9)5-6)7-3-10(19)17-11(7)20/h1-5H,(H,17,19,20). The second-order valence-corrected chi connectivity index (χ2v) is 4.16. The Balaban J connectivity index is 2.20. The number of rotatable bonds is 1. The number of alkyl halides is 3. The van der Waals surface area contributed by atoms with E-state index in [9.17, 15) is 22.8 Å². The summed E-state index contributed by atoms with van der Waals surface area (Å²) in [6.07, 6.45) is -1.38. The lowest BCUT2D eigenvalue weighted by atomic mass is 10.2. The molecule has 2 aromatic heterocycles. The number of hydrogen-bond acceptors (Lipinski definition) is 3. The molecule has 3 heterocycles. The van der Waals surface area contributed by atoms with E-state index in [2.05, 4.69) is 4.98 Å². The molecule has 0 atom stereocenters. The Morgan fingerprint density at radius 1 is 1.20 bits per heavy atom. The average Bonchev–Trinajstić information content (AvgIpc) is 2.90. The summed E-state index contributed by atoms with van der Waals surface area (Å²) in [7, 11) is 0. The van der Waals surface area contributed by atoms with Crippen LogP contribution in [0.4, 0.5) is 13.2 Å². The summed E-state index contributed by atoms with van der Waals surface area (Å²) in [4.78, 5) is 26.6. The van der Waals surface area contributed by atoms with Gasteiger partial charge in [0, 0.05) is 12.3 Å². The average molecular weight is 281 g/mol. The zero-order valence-corrected chi connectivity index (χ0v) is 9.73. The second-order valence-electron chi connectivity index (χ2n) is 4.16. The monoisotopic (exact) mass is 281 g/mol. The van der Waals surface area contributed by atoms with Crippen LogP contribution in [0.1, 0.15) is 11.3 Å². The highest BCUT2D eigenvalue weighted by atomic mass is 19.4. The SMILES string of the molecule is O=C1C=C(c2cnc3ccc(C(F)(F)F)cn23)C(=O)N1. The van der Waals surface area contributed by atoms with E-state index in [1.165, 1.54) is 12.3 Å². The number of imidazole rings is 1. The van der Waals surface area contributed by atoms with E-state index in [0.29, 0.717) is 0 Å². The first-order chi connectivity index (χ1) is 9.36. The number of carbonyl (C=O) groups is 2. The number of hydrogen-bond donors (Lipinski definition) is 1. The van der Waals surface area contributed by atoms with E-state index in [1.54, 1.807) is 0 Å². The summed E-state index contributed by atoms with van der Waals surface area (Å²) >= 11 is 0. The van der Waals surface area contributed by atoms with E-state index in [4.69, 9.17) is 0 Å². The van der Waals surface area contributed by atoms with Gasteiger partial charge in [0.2, 0.25) is 0 Å². The molecule has 2 amide bonds. The third-order valence-electron chi connectivity index (χ3n) is 2.87. The highest BCUT2D eigenvalue weighted by Crippen LogP contribution is 2.30. The van der Waals surface area contributed by atoms with Gasteiger partial charge in [0.15, 0.2) is 0 Å². The summed E-state index contributed by atoms with van der Waals surface area (Å²) in [5.74, 6) is -1.26. The van der Waals surface area contributed by atoms with Crippen molar-refractivity contribution >= 4 is 23.0 Å². The van der Waals surface area contributed by atoms with Gasteiger partial charge >= 0.3 is 6.18 Å². The molecule has 2 aromatic rings. The Morgan fingerprint density at radius 2 is 1.95 bits per heavy atom. The van der Waals surface area contributed by atoms with Crippen LogP contribution in [0.25, 0.3) is 11.2 Å². The number of halogens is 3. The van der Waals surface area contributed by atoms with Crippen LogP contribution in [-0.4, -0.2) is 21.2 Å². The summed E-state index contributed by atoms with van der Waals surface area (Å²) < 4.78 is 39.2. The largest absolute Gasteiger partial charge is 0.417 e. The van der Waals surface area contributed by atoms with Gasteiger partial charge in [-0.1, -0.05) is 0 Å². The Bertz CT molecular complexity index is 774. The summed E-state index contributed by atoms with van der Waals surface area (Å²) in [6, 6.07) is 2.10. The first-order valence-corrected chi connectivity index (χ1v) is 5.48. The molecular formula is C12H6F3N3O2. The number of nitrogens with zero attached hydrogens (tertiary/aromatic N) is 2. The molecule has 8 heteroatoms. The fourth-order valence-electron chi connectivity index (χ4n) is 1.95. The van der Waals surface area contributed by atoms with E-state index >= 15 is 0 Å². The molecule has 0 radical (unpaired) electrons. The molecule has 0 fully saturated rings. The normalized spacial score (nSPS) is 15.7. The van der Waals surface area contributed by atoms with Gasteiger partial charge in [-0.2, -0.15) is 13.2 Å². The Kier molecular flexibility index (Phi) is 2.43. The van der Waals surface area contributed by atoms with Crippen molar-refractivity contribution in [3.8, 4) is 0 Å². The maximum absolute atomic E-state index is 12.7. The van der Waals surface area contributed by atoms with Gasteiger partial charge in [-0.15, -0.1) is 0 Å². The Labute approximate surface area is 109 Å². The molecule has 102 valence electrons. The minimum Gasteiger partial charge on any atom is -0.299 e. The first-order valence-electron chi connectivity index (χ1n) is 5.48. The first kappa shape index (κ1) is 12.4. The number of aromatic nitrogens is 2. The zero-order chi connectivity index (χ0) is 14.5. The van der Waals surface area contributed by atoms with Crippen molar-refractivity contribution in [3.63, 3.8) is 0 Å². The van der Waals surface area contributed by atoms with Gasteiger partial charge in [-0.25, -0.2) is 4.98 Å². The smallest absolute Gasteiger partial charge is 0.299 e. The van der Waals surface area contributed by atoms with Crippen LogP contribution in [0, 0.1) is 0 Å². The van der Waals surface area contributed by atoms with Crippen molar-refractivity contribution in [2.45, 2.75) is 6.18 Å². The third-order valence-corrected chi connectivity index (χ3v) is 2.87. The predicted octanol–water partition coefficient (Wildman–Crippen LogP) is 1.39. The van der Waals surface area contributed by atoms with Crippen molar-refractivity contribution in [2.24, 2.45) is 0 Å². The van der Waals surface area contributed by atoms with Crippen molar-refractivity contribution in [1.82, 2.24) is 14.7 Å². The van der Waals surface area contributed by atoms with Crippen LogP contribution < -0.4 is 5.32 Å². The van der Waals surface area contributed by atoms with E-state index in [1.807, 2.05) is 5.32 Å². The number of amides is 2. The topological polar surface area (TPSA) is 63.5 Å². The van der Waals surface area contributed by atoms with E-state index in [0.717, 1.165) is 22.7 Å². The van der Waals surface area contributed by atoms with Crippen molar-refractivity contribution in [1.29, 1.82) is 0 Å². The van der Waals surface area contributed by atoms with Crippen molar-refractivity contribution in [3.05, 3.63) is 41.9 Å². The van der Waals surface area contributed by atoms with Gasteiger partial charge in [-0.05, 0) is 12.1 Å². The molecule has 0 spiro atoms. The van der Waals surface area contributed by atoms with Crippen molar-refractivity contribution < 1.29 is 22.8 Å². The van der Waals surface area contributed by atoms with Gasteiger partial charge in [0.05, 0.1) is 23.0 Å². The maximum atomic E-state index is 12.7. The van der Waals surface area contributed by atoms with Crippen molar-refractivity contribution in [2.75, 3.05) is 0 Å². The summed E-state index contributed by atoms with van der Waals surface area (Å²) in [5, 5.41) is 2.03. The molecule has 0 bridgehead atoms. The summed E-state index contributed by atoms with van der Waals surface area (Å²) in [5.41, 5.74) is -0.494. The number of nitrogens with one attached hydrogen (secondary N) is 1. The highest BCUT2D eigenvalue weighted by Gasteiger charge is 2.32. The molecule has 5 nitrogen and oxygen atoms in total. The number of carbonyl (C=O) groups excluding carboxylic acids is 2. The van der Waals surface area contributed by atoms with Crippen LogP contribution in [0.3, 0.4) is 0 Å². The fraction of sp³-hybridized carbons (Fsp3) is 0.0833. The minimum atomic E-state index is -4.50. The molecule has 1 N–H and O–H groups in total. The molecule has 1 aliphatic rings. The third kappa shape index (κ3) is 1.85. The lowest BCUT2D eigenvalue weighted by Gasteiger charge is -2.08. The van der Waals surface area contributed by atoms with Crippen LogP contribution >= 0.6 is 0 Å². The lowest BCUT2D eigenvalue weighted by molar-refractivity contribution is -0.137. The fourth-order valence-corrected chi connectivity index (χ4v) is 1.95. The zero-order valence-electron chi connectivity index (χ0n) is 9.73. The Morgan fingerprint density at radius 3 is 2.55 bits per heavy atom. The highest BCUT2D eigenvalue weighted by molar-refractivity contribution is 6.33. The van der Waals surface area contributed by atoms with E-state index < -0.39 is 23.6 Å². The number of pyridine rings is 1. The van der Waals surface area contributed by atoms with Gasteiger partial charge in [-0.3, -0.25) is 19.3 Å². The lowest BCUT2D eigenvalue weighted by Crippen LogP contribution is -2.22. The minimum absolute atomic E-state index is 0.0122. The quantitative estimate of drug-likeness (QED) is 0.803. The molecule has 0 saturated carbocycles. The number of fused-ring (bicyclic) bond motifs is 1. The van der Waals surface area contributed by atoms with E-state index in [-0.39, 0.29) is 16.9 Å². The van der Waals surface area contributed by atoms with Gasteiger partial charge in [0.1, 0.15) is 5.65 Å². The molecule has 0 saturated heterocycles. The molecule has 1 aliphatic heterocycles. The van der Waals surface area contributed by atoms with Crippen LogP contribution in [0.2, 0.25) is 0 Å². The Hall–Kier alpha value is -2.64. The molecular weight excluding hydrogens is 275 g/mol. The maximum Gasteiger partial charge on any atom is 0.417 e. The summed E-state index contributed by atoms with van der Waals surface area (Å²) in [6.45, 7) is 0. The predicted molar refractivity (Wildman–Crippen MR) is 61.3 cm³/mol. The van der Waals surface area contributed by atoms with Crippen LogP contribution in [-0.2, 0) is 15.8 Å². The molecule has 0 unspecified atom stereocenters.